The van der Waals surface area contributed by atoms with Crippen molar-refractivity contribution >= 4 is 22.4 Å². The van der Waals surface area contributed by atoms with Crippen LogP contribution >= 0.6 is 11.3 Å². The van der Waals surface area contributed by atoms with E-state index in [4.69, 9.17) is 4.74 Å². The van der Waals surface area contributed by atoms with Crippen molar-refractivity contribution < 1.29 is 9.53 Å². The molecule has 6 nitrogen and oxygen atoms in total. The summed E-state index contributed by atoms with van der Waals surface area (Å²) in [7, 11) is 0. The van der Waals surface area contributed by atoms with Crippen LogP contribution in [0.15, 0.2) is 30.3 Å². The maximum Gasteiger partial charge on any atom is 0.319 e. The van der Waals surface area contributed by atoms with E-state index in [1.54, 1.807) is 0 Å². The SMILES string of the molecule is Cc1nc(-c2ccccc2)sc1NC(=O)NCCN1CCOCC1. The molecule has 1 fully saturated rings. The number of nitrogens with zero attached hydrogens (tertiary/aromatic N) is 2. The van der Waals surface area contributed by atoms with Crippen LogP contribution in [0.5, 0.6) is 0 Å². The zero-order chi connectivity index (χ0) is 16.8. The number of rotatable bonds is 5. The number of aryl methyl sites for hydroxylation is 1. The van der Waals surface area contributed by atoms with E-state index in [0.717, 1.165) is 54.1 Å². The van der Waals surface area contributed by atoms with Gasteiger partial charge in [-0.25, -0.2) is 9.78 Å². The lowest BCUT2D eigenvalue weighted by Gasteiger charge is -2.26. The van der Waals surface area contributed by atoms with Crippen molar-refractivity contribution in [1.29, 1.82) is 0 Å². The Morgan fingerprint density at radius 2 is 2.04 bits per heavy atom. The molecule has 0 aliphatic carbocycles. The van der Waals surface area contributed by atoms with Gasteiger partial charge in [-0.2, -0.15) is 0 Å². The Labute approximate surface area is 145 Å². The maximum atomic E-state index is 12.1. The quantitative estimate of drug-likeness (QED) is 0.873. The lowest BCUT2D eigenvalue weighted by molar-refractivity contribution is 0.0388. The minimum absolute atomic E-state index is 0.186. The number of morpholine rings is 1. The third-order valence-corrected chi connectivity index (χ3v) is 4.98. The first kappa shape index (κ1) is 16.9. The third-order valence-electron chi connectivity index (χ3n) is 3.86. The average Bonchev–Trinajstić information content (AvgIpc) is 2.97. The predicted molar refractivity (Wildman–Crippen MR) is 96.6 cm³/mol. The maximum absolute atomic E-state index is 12.1. The van der Waals surface area contributed by atoms with Crippen LogP contribution in [0.25, 0.3) is 10.6 Å². The highest BCUT2D eigenvalue weighted by atomic mass is 32.1. The van der Waals surface area contributed by atoms with Crippen molar-refractivity contribution in [1.82, 2.24) is 15.2 Å². The van der Waals surface area contributed by atoms with Crippen molar-refractivity contribution in [3.63, 3.8) is 0 Å². The van der Waals surface area contributed by atoms with Crippen LogP contribution in [-0.4, -0.2) is 55.3 Å². The van der Waals surface area contributed by atoms with E-state index in [2.05, 4.69) is 20.5 Å². The fraction of sp³-hybridized carbons (Fsp3) is 0.412. The molecule has 128 valence electrons. The van der Waals surface area contributed by atoms with E-state index < -0.39 is 0 Å². The van der Waals surface area contributed by atoms with Gasteiger partial charge in [0.25, 0.3) is 0 Å². The molecule has 0 radical (unpaired) electrons. The molecule has 0 atom stereocenters. The Morgan fingerprint density at radius 1 is 1.29 bits per heavy atom. The van der Waals surface area contributed by atoms with Gasteiger partial charge in [0.05, 0.1) is 18.9 Å². The Balaban J connectivity index is 1.50. The summed E-state index contributed by atoms with van der Waals surface area (Å²) in [4.78, 5) is 18.9. The molecular formula is C17H22N4O2S. The van der Waals surface area contributed by atoms with E-state index in [0.29, 0.717) is 6.54 Å². The zero-order valence-corrected chi connectivity index (χ0v) is 14.6. The third kappa shape index (κ3) is 4.53. The summed E-state index contributed by atoms with van der Waals surface area (Å²) >= 11 is 1.49. The predicted octanol–water partition coefficient (Wildman–Crippen LogP) is 2.57. The molecule has 1 aromatic heterocycles. The molecular weight excluding hydrogens is 324 g/mol. The second-order valence-corrected chi connectivity index (χ2v) is 6.63. The fourth-order valence-electron chi connectivity index (χ4n) is 2.52. The molecule has 2 aromatic rings. The highest BCUT2D eigenvalue weighted by molar-refractivity contribution is 7.19. The molecule has 0 bridgehead atoms. The van der Waals surface area contributed by atoms with Gasteiger partial charge in [-0.15, -0.1) is 0 Å². The van der Waals surface area contributed by atoms with Crippen molar-refractivity contribution in [3.05, 3.63) is 36.0 Å². The molecule has 1 aliphatic heterocycles. The van der Waals surface area contributed by atoms with Crippen LogP contribution < -0.4 is 10.6 Å². The number of thiazole rings is 1. The highest BCUT2D eigenvalue weighted by Crippen LogP contribution is 2.31. The molecule has 1 saturated heterocycles. The van der Waals surface area contributed by atoms with Crippen LogP contribution in [0.1, 0.15) is 5.69 Å². The Kier molecular flexibility index (Phi) is 5.79. The summed E-state index contributed by atoms with van der Waals surface area (Å²) in [5.74, 6) is 0. The number of nitrogens with one attached hydrogen (secondary N) is 2. The van der Waals surface area contributed by atoms with Gasteiger partial charge in [0.15, 0.2) is 0 Å². The lowest BCUT2D eigenvalue weighted by atomic mass is 10.2. The minimum atomic E-state index is -0.186. The molecule has 7 heteroatoms. The van der Waals surface area contributed by atoms with Crippen molar-refractivity contribution in [2.75, 3.05) is 44.7 Å². The number of urea groups is 1. The van der Waals surface area contributed by atoms with Crippen LogP contribution in [0.3, 0.4) is 0 Å². The number of benzene rings is 1. The summed E-state index contributed by atoms with van der Waals surface area (Å²) in [5, 5.41) is 7.51. The fourth-order valence-corrected chi connectivity index (χ4v) is 3.48. The second-order valence-electron chi connectivity index (χ2n) is 5.63. The molecule has 0 saturated carbocycles. The monoisotopic (exact) mass is 346 g/mol. The average molecular weight is 346 g/mol. The molecule has 0 unspecified atom stereocenters. The van der Waals surface area contributed by atoms with Crippen LogP contribution in [0.2, 0.25) is 0 Å². The minimum Gasteiger partial charge on any atom is -0.379 e. The molecule has 3 rings (SSSR count). The Bertz CT molecular complexity index is 668. The number of anilines is 1. The van der Waals surface area contributed by atoms with E-state index in [9.17, 15) is 4.79 Å². The summed E-state index contributed by atoms with van der Waals surface area (Å²) in [6.07, 6.45) is 0. The number of carbonyl (C=O) groups excluding carboxylic acids is 1. The Hall–Kier alpha value is -1.96. The van der Waals surface area contributed by atoms with Crippen molar-refractivity contribution in [3.8, 4) is 10.6 Å². The number of hydrogen-bond donors (Lipinski definition) is 2. The molecule has 24 heavy (non-hydrogen) atoms. The van der Waals surface area contributed by atoms with Crippen molar-refractivity contribution in [2.24, 2.45) is 0 Å². The van der Waals surface area contributed by atoms with Gasteiger partial charge < -0.3 is 10.1 Å². The van der Waals surface area contributed by atoms with Gasteiger partial charge in [-0.05, 0) is 6.92 Å². The molecule has 2 heterocycles. The normalized spacial score (nSPS) is 15.2. The first-order chi connectivity index (χ1) is 11.7. The topological polar surface area (TPSA) is 66.5 Å². The van der Waals surface area contributed by atoms with Gasteiger partial charge in [0.1, 0.15) is 10.0 Å². The van der Waals surface area contributed by atoms with Gasteiger partial charge >= 0.3 is 6.03 Å². The van der Waals surface area contributed by atoms with E-state index in [-0.39, 0.29) is 6.03 Å². The van der Waals surface area contributed by atoms with Gasteiger partial charge in [0.2, 0.25) is 0 Å². The van der Waals surface area contributed by atoms with E-state index in [1.165, 1.54) is 11.3 Å². The number of aromatic nitrogens is 1. The molecule has 1 aromatic carbocycles. The van der Waals surface area contributed by atoms with Crippen LogP contribution in [0, 0.1) is 6.92 Å². The summed E-state index contributed by atoms with van der Waals surface area (Å²) in [6.45, 7) is 6.77. The first-order valence-corrected chi connectivity index (χ1v) is 8.92. The van der Waals surface area contributed by atoms with E-state index >= 15 is 0 Å². The van der Waals surface area contributed by atoms with E-state index in [1.807, 2.05) is 37.3 Å². The number of ether oxygens (including phenoxy) is 1. The molecule has 0 spiro atoms. The number of carbonyl (C=O) groups is 1. The van der Waals surface area contributed by atoms with Gasteiger partial charge in [-0.1, -0.05) is 41.7 Å². The molecule has 2 N–H and O–H groups in total. The van der Waals surface area contributed by atoms with Crippen molar-refractivity contribution in [2.45, 2.75) is 6.92 Å². The zero-order valence-electron chi connectivity index (χ0n) is 13.7. The summed E-state index contributed by atoms with van der Waals surface area (Å²) < 4.78 is 5.31. The summed E-state index contributed by atoms with van der Waals surface area (Å²) in [5.41, 5.74) is 1.90. The van der Waals surface area contributed by atoms with Crippen LogP contribution in [-0.2, 0) is 4.74 Å². The Morgan fingerprint density at radius 3 is 2.79 bits per heavy atom. The second kappa shape index (κ2) is 8.23. The summed E-state index contributed by atoms with van der Waals surface area (Å²) in [6, 6.07) is 9.80. The lowest BCUT2D eigenvalue weighted by Crippen LogP contribution is -2.42. The molecule has 1 aliphatic rings. The number of hydrogen-bond acceptors (Lipinski definition) is 5. The standard InChI is InChI=1S/C17H22N4O2S/c1-13-15(24-16(19-13)14-5-3-2-4-6-14)20-17(22)18-7-8-21-9-11-23-12-10-21/h2-6H,7-12H2,1H3,(H2,18,20,22). The van der Waals surface area contributed by atoms with Gasteiger partial charge in [-0.3, -0.25) is 10.2 Å². The molecule has 2 amide bonds. The van der Waals surface area contributed by atoms with Gasteiger partial charge in [0, 0.05) is 31.7 Å². The highest BCUT2D eigenvalue weighted by Gasteiger charge is 2.13. The first-order valence-electron chi connectivity index (χ1n) is 8.10. The largest absolute Gasteiger partial charge is 0.379 e. The smallest absolute Gasteiger partial charge is 0.319 e. The number of amides is 2. The van der Waals surface area contributed by atoms with Crippen LogP contribution in [0.4, 0.5) is 9.80 Å².